The first kappa shape index (κ1) is 19.4. The minimum atomic E-state index is -0.0194. The molecule has 0 fully saturated rings. The smallest absolute Gasteiger partial charge is 0.254 e. The number of hydrogen-bond acceptors (Lipinski definition) is 5. The predicted molar refractivity (Wildman–Crippen MR) is 126 cm³/mol. The minimum Gasteiger partial charge on any atom is -0.497 e. The van der Waals surface area contributed by atoms with Crippen molar-refractivity contribution in [3.8, 4) is 17.0 Å². The highest BCUT2D eigenvalue weighted by molar-refractivity contribution is 6.07. The van der Waals surface area contributed by atoms with Gasteiger partial charge < -0.3 is 9.64 Å². The average molecular weight is 435 g/mol. The molecule has 0 radical (unpaired) electrons. The number of hydrogen-bond donors (Lipinski definition) is 1. The van der Waals surface area contributed by atoms with Crippen LogP contribution in [0.15, 0.2) is 66.7 Å². The first-order chi connectivity index (χ1) is 16.2. The molecular formula is C26H21N5O2. The number of methoxy groups -OCH3 is 1. The predicted octanol–water partition coefficient (Wildman–Crippen LogP) is 4.38. The number of aromatic nitrogens is 4. The molecule has 2 aromatic heterocycles. The highest BCUT2D eigenvalue weighted by Gasteiger charge is 2.26. The molecule has 5 aromatic rings. The highest BCUT2D eigenvalue weighted by Crippen LogP contribution is 2.30. The number of carbonyl (C=O) groups excluding carboxylic acids is 1. The van der Waals surface area contributed by atoms with E-state index >= 15 is 0 Å². The molecule has 0 aliphatic carbocycles. The second-order valence-electron chi connectivity index (χ2n) is 8.19. The number of benzene rings is 3. The van der Waals surface area contributed by atoms with E-state index in [1.165, 1.54) is 0 Å². The van der Waals surface area contributed by atoms with Crippen LogP contribution < -0.4 is 4.74 Å². The van der Waals surface area contributed by atoms with Gasteiger partial charge >= 0.3 is 0 Å². The molecule has 1 N–H and O–H groups in total. The second-order valence-corrected chi connectivity index (χ2v) is 8.19. The summed E-state index contributed by atoms with van der Waals surface area (Å²) in [7, 11) is 1.67. The summed E-state index contributed by atoms with van der Waals surface area (Å²) < 4.78 is 5.34. The number of amides is 1. The Hall–Kier alpha value is -4.26. The first-order valence-corrected chi connectivity index (χ1v) is 10.9. The molecule has 0 saturated carbocycles. The third-order valence-corrected chi connectivity index (χ3v) is 6.24. The molecular weight excluding hydrogens is 414 g/mol. The third kappa shape index (κ3) is 3.38. The van der Waals surface area contributed by atoms with Gasteiger partial charge in [-0.15, -0.1) is 0 Å². The topological polar surface area (TPSA) is 84.0 Å². The molecule has 1 amide bonds. The molecule has 0 spiro atoms. The zero-order chi connectivity index (χ0) is 22.4. The lowest BCUT2D eigenvalue weighted by Gasteiger charge is -2.26. The summed E-state index contributed by atoms with van der Waals surface area (Å²) in [5, 5.41) is 14.1. The van der Waals surface area contributed by atoms with Crippen molar-refractivity contribution in [2.45, 2.75) is 13.0 Å². The first-order valence-electron chi connectivity index (χ1n) is 10.9. The van der Waals surface area contributed by atoms with Crippen LogP contribution in [0.2, 0.25) is 0 Å². The van der Waals surface area contributed by atoms with Gasteiger partial charge in [-0.25, -0.2) is 4.98 Å². The maximum atomic E-state index is 13.6. The van der Waals surface area contributed by atoms with E-state index in [2.05, 4.69) is 27.5 Å². The molecule has 7 heteroatoms. The zero-order valence-corrected chi connectivity index (χ0v) is 18.1. The molecule has 1 aliphatic heterocycles. The van der Waals surface area contributed by atoms with E-state index < -0.39 is 0 Å². The van der Waals surface area contributed by atoms with Crippen LogP contribution in [-0.4, -0.2) is 44.9 Å². The van der Waals surface area contributed by atoms with Crippen molar-refractivity contribution in [3.05, 3.63) is 83.7 Å². The Kier molecular flexibility index (Phi) is 4.54. The normalized spacial score (nSPS) is 13.3. The molecule has 1 aliphatic rings. The Morgan fingerprint density at radius 1 is 0.970 bits per heavy atom. The van der Waals surface area contributed by atoms with E-state index in [9.17, 15) is 4.79 Å². The van der Waals surface area contributed by atoms with Crippen molar-refractivity contribution in [2.75, 3.05) is 13.7 Å². The molecule has 3 aromatic carbocycles. The maximum absolute atomic E-state index is 13.6. The van der Waals surface area contributed by atoms with Gasteiger partial charge in [0.2, 0.25) is 0 Å². The average Bonchev–Trinajstić information content (AvgIpc) is 3.35. The van der Waals surface area contributed by atoms with Gasteiger partial charge in [0.25, 0.3) is 5.91 Å². The van der Waals surface area contributed by atoms with E-state index in [0.717, 1.165) is 50.1 Å². The summed E-state index contributed by atoms with van der Waals surface area (Å²) >= 11 is 0. The number of nitrogens with zero attached hydrogens (tertiary/aromatic N) is 4. The number of aromatic amines is 1. The second kappa shape index (κ2) is 7.70. The largest absolute Gasteiger partial charge is 0.497 e. The Morgan fingerprint density at radius 2 is 1.79 bits per heavy atom. The molecule has 0 unspecified atom stereocenters. The molecule has 3 heterocycles. The highest BCUT2D eigenvalue weighted by atomic mass is 16.5. The van der Waals surface area contributed by atoms with Crippen molar-refractivity contribution in [1.29, 1.82) is 0 Å². The number of rotatable bonds is 3. The van der Waals surface area contributed by atoms with Crippen LogP contribution in [0.5, 0.6) is 5.75 Å². The van der Waals surface area contributed by atoms with E-state index in [4.69, 9.17) is 9.72 Å². The summed E-state index contributed by atoms with van der Waals surface area (Å²) in [5.74, 6) is 0.804. The summed E-state index contributed by atoms with van der Waals surface area (Å²) in [6.45, 7) is 1.07. The lowest BCUT2D eigenvalue weighted by molar-refractivity contribution is 0.0734. The van der Waals surface area contributed by atoms with Gasteiger partial charge in [0.1, 0.15) is 11.4 Å². The standard InChI is InChI=1S/C26H21N5O2/c1-33-19-9-8-16-12-18(7-6-17(16)13-19)24-14-21(20-4-2-3-5-22(20)27-24)26(32)31-11-10-23-25(15-31)29-30-28-23/h2-9,12-14H,10-11,15H2,1H3,(H,28,29,30). The number of ether oxygens (including phenoxy) is 1. The summed E-state index contributed by atoms with van der Waals surface area (Å²) in [6, 6.07) is 21.9. The molecule has 162 valence electrons. The summed E-state index contributed by atoms with van der Waals surface area (Å²) in [5.41, 5.74) is 4.95. The summed E-state index contributed by atoms with van der Waals surface area (Å²) in [6.07, 6.45) is 0.696. The van der Waals surface area contributed by atoms with Gasteiger partial charge in [0.15, 0.2) is 0 Å². The van der Waals surface area contributed by atoms with Crippen LogP contribution >= 0.6 is 0 Å². The van der Waals surface area contributed by atoms with Gasteiger partial charge in [-0.3, -0.25) is 4.79 Å². The molecule has 0 bridgehead atoms. The van der Waals surface area contributed by atoms with Crippen LogP contribution in [0.25, 0.3) is 32.9 Å². The van der Waals surface area contributed by atoms with Crippen LogP contribution in [-0.2, 0) is 13.0 Å². The Labute approximate surface area is 190 Å². The van der Waals surface area contributed by atoms with E-state index in [0.29, 0.717) is 25.1 Å². The van der Waals surface area contributed by atoms with Gasteiger partial charge in [0, 0.05) is 23.9 Å². The molecule has 0 atom stereocenters. The van der Waals surface area contributed by atoms with Crippen molar-refractivity contribution < 1.29 is 9.53 Å². The van der Waals surface area contributed by atoms with Crippen molar-refractivity contribution in [3.63, 3.8) is 0 Å². The van der Waals surface area contributed by atoms with E-state index in [1.54, 1.807) is 7.11 Å². The number of carbonyl (C=O) groups is 1. The van der Waals surface area contributed by atoms with Crippen LogP contribution in [0, 0.1) is 0 Å². The molecule has 0 saturated heterocycles. The van der Waals surface area contributed by atoms with Crippen LogP contribution in [0.3, 0.4) is 0 Å². The fraction of sp³-hybridized carbons (Fsp3) is 0.154. The van der Waals surface area contributed by atoms with E-state index in [1.807, 2.05) is 59.5 Å². The fourth-order valence-corrected chi connectivity index (χ4v) is 4.46. The number of fused-ring (bicyclic) bond motifs is 3. The Bertz CT molecular complexity index is 1520. The zero-order valence-electron chi connectivity index (χ0n) is 18.1. The summed E-state index contributed by atoms with van der Waals surface area (Å²) in [4.78, 5) is 20.4. The van der Waals surface area contributed by atoms with Gasteiger partial charge in [0.05, 0.1) is 36.1 Å². The van der Waals surface area contributed by atoms with Crippen molar-refractivity contribution in [2.24, 2.45) is 0 Å². The van der Waals surface area contributed by atoms with Crippen LogP contribution in [0.4, 0.5) is 0 Å². The Morgan fingerprint density at radius 3 is 2.70 bits per heavy atom. The van der Waals surface area contributed by atoms with Crippen molar-refractivity contribution in [1.82, 2.24) is 25.3 Å². The lowest BCUT2D eigenvalue weighted by atomic mass is 10.00. The van der Waals surface area contributed by atoms with E-state index in [-0.39, 0.29) is 5.91 Å². The maximum Gasteiger partial charge on any atom is 0.254 e. The van der Waals surface area contributed by atoms with Crippen LogP contribution in [0.1, 0.15) is 21.7 Å². The third-order valence-electron chi connectivity index (χ3n) is 6.24. The molecule has 7 nitrogen and oxygen atoms in total. The monoisotopic (exact) mass is 435 g/mol. The lowest BCUT2D eigenvalue weighted by Crippen LogP contribution is -2.36. The SMILES string of the molecule is COc1ccc2cc(-c3cc(C(=O)N4CCc5n[nH]nc5C4)c4ccccc4n3)ccc2c1. The molecule has 33 heavy (non-hydrogen) atoms. The Balaban J connectivity index is 1.44. The minimum absolute atomic E-state index is 0.0194. The number of nitrogens with one attached hydrogen (secondary N) is 1. The van der Waals surface area contributed by atoms with Gasteiger partial charge in [-0.2, -0.15) is 15.4 Å². The number of H-pyrrole nitrogens is 1. The number of pyridine rings is 1. The quantitative estimate of drug-likeness (QED) is 0.455. The number of para-hydroxylation sites is 1. The van der Waals surface area contributed by atoms with Gasteiger partial charge in [-0.1, -0.05) is 36.4 Å². The van der Waals surface area contributed by atoms with Crippen molar-refractivity contribution >= 4 is 27.6 Å². The van der Waals surface area contributed by atoms with Gasteiger partial charge in [-0.05, 0) is 41.1 Å². The fourth-order valence-electron chi connectivity index (χ4n) is 4.46. The molecule has 6 rings (SSSR count).